The Morgan fingerprint density at radius 3 is 2.38 bits per heavy atom. The number of carbonyl (C=O) groups excluding carboxylic acids is 1. The molecule has 0 atom stereocenters. The number of anilines is 1. The molecule has 1 heterocycles. The van der Waals surface area contributed by atoms with Crippen molar-refractivity contribution in [1.29, 1.82) is 0 Å². The van der Waals surface area contributed by atoms with Crippen LogP contribution in [-0.2, 0) is 4.79 Å². The van der Waals surface area contributed by atoms with E-state index in [1.54, 1.807) is 37.4 Å². The fourth-order valence-electron chi connectivity index (χ4n) is 2.00. The quantitative estimate of drug-likeness (QED) is 0.936. The van der Waals surface area contributed by atoms with Gasteiger partial charge in [-0.3, -0.25) is 19.5 Å². The van der Waals surface area contributed by atoms with Crippen molar-refractivity contribution in [2.75, 3.05) is 11.4 Å². The van der Waals surface area contributed by atoms with Gasteiger partial charge < -0.3 is 5.11 Å². The molecule has 1 aromatic heterocycles. The van der Waals surface area contributed by atoms with Crippen LogP contribution >= 0.6 is 0 Å². The summed E-state index contributed by atoms with van der Waals surface area (Å²) in [6, 6.07) is 10.5. The molecule has 2 aromatic rings. The van der Waals surface area contributed by atoms with Crippen LogP contribution in [-0.4, -0.2) is 28.5 Å². The van der Waals surface area contributed by atoms with E-state index in [-0.39, 0.29) is 5.91 Å². The van der Waals surface area contributed by atoms with E-state index in [0.29, 0.717) is 16.9 Å². The lowest BCUT2D eigenvalue weighted by Crippen LogP contribution is -2.36. The normalized spacial score (nSPS) is 10.2. The minimum atomic E-state index is -1.06. The molecule has 0 aliphatic carbocycles. The van der Waals surface area contributed by atoms with Crippen LogP contribution in [0, 0.1) is 13.8 Å². The maximum absolute atomic E-state index is 12.6. The summed E-state index contributed by atoms with van der Waals surface area (Å²) in [7, 11) is 0. The summed E-state index contributed by atoms with van der Waals surface area (Å²) >= 11 is 0. The summed E-state index contributed by atoms with van der Waals surface area (Å²) in [4.78, 5) is 29.0. The molecule has 5 heteroatoms. The standard InChI is InChI=1S/C16H16N2O3/c1-11-5-7-13(8-6-11)18(10-15(19)20)16(21)14-4-3-9-17-12(14)2/h3-9H,10H2,1-2H3,(H,19,20). The summed E-state index contributed by atoms with van der Waals surface area (Å²) in [5.74, 6) is -1.43. The lowest BCUT2D eigenvalue weighted by atomic mass is 10.1. The zero-order valence-electron chi connectivity index (χ0n) is 11.9. The van der Waals surface area contributed by atoms with E-state index in [9.17, 15) is 9.59 Å². The summed E-state index contributed by atoms with van der Waals surface area (Å²) in [5.41, 5.74) is 2.57. The number of rotatable bonds is 4. The topological polar surface area (TPSA) is 70.5 Å². The van der Waals surface area contributed by atoms with Crippen molar-refractivity contribution in [2.24, 2.45) is 0 Å². The number of amides is 1. The van der Waals surface area contributed by atoms with E-state index in [4.69, 9.17) is 5.11 Å². The van der Waals surface area contributed by atoms with E-state index in [0.717, 1.165) is 5.56 Å². The molecule has 0 radical (unpaired) electrons. The number of nitrogens with zero attached hydrogens (tertiary/aromatic N) is 2. The molecule has 0 fully saturated rings. The minimum absolute atomic E-state index is 0.369. The van der Waals surface area contributed by atoms with E-state index in [1.807, 2.05) is 19.1 Å². The maximum Gasteiger partial charge on any atom is 0.323 e. The third-order valence-corrected chi connectivity index (χ3v) is 3.12. The predicted molar refractivity (Wildman–Crippen MR) is 79.5 cm³/mol. The number of aromatic nitrogens is 1. The molecule has 108 valence electrons. The minimum Gasteiger partial charge on any atom is -0.480 e. The van der Waals surface area contributed by atoms with E-state index in [1.165, 1.54) is 4.90 Å². The molecular weight excluding hydrogens is 268 g/mol. The Balaban J connectivity index is 2.40. The van der Waals surface area contributed by atoms with Gasteiger partial charge in [-0.2, -0.15) is 0 Å². The van der Waals surface area contributed by atoms with Crippen molar-refractivity contribution < 1.29 is 14.7 Å². The third-order valence-electron chi connectivity index (χ3n) is 3.12. The van der Waals surface area contributed by atoms with Crippen LogP contribution in [0.5, 0.6) is 0 Å². The van der Waals surface area contributed by atoms with E-state index < -0.39 is 12.5 Å². The van der Waals surface area contributed by atoms with Crippen molar-refractivity contribution in [2.45, 2.75) is 13.8 Å². The van der Waals surface area contributed by atoms with Gasteiger partial charge in [-0.1, -0.05) is 17.7 Å². The van der Waals surface area contributed by atoms with Gasteiger partial charge in [0.2, 0.25) is 0 Å². The van der Waals surface area contributed by atoms with Crippen molar-refractivity contribution in [1.82, 2.24) is 4.98 Å². The molecule has 0 saturated carbocycles. The number of carboxylic acid groups (broad SMARTS) is 1. The zero-order chi connectivity index (χ0) is 15.4. The summed E-state index contributed by atoms with van der Waals surface area (Å²) in [5, 5.41) is 9.06. The summed E-state index contributed by atoms with van der Waals surface area (Å²) in [6.45, 7) is 3.26. The fraction of sp³-hybridized carbons (Fsp3) is 0.188. The number of hydrogen-bond acceptors (Lipinski definition) is 3. The number of pyridine rings is 1. The Bertz CT molecular complexity index is 665. The molecule has 5 nitrogen and oxygen atoms in total. The van der Waals surface area contributed by atoms with Crippen molar-refractivity contribution in [3.63, 3.8) is 0 Å². The highest BCUT2D eigenvalue weighted by molar-refractivity contribution is 6.08. The highest BCUT2D eigenvalue weighted by Gasteiger charge is 2.21. The second-order valence-electron chi connectivity index (χ2n) is 4.76. The van der Waals surface area contributed by atoms with Gasteiger partial charge in [0, 0.05) is 17.6 Å². The summed E-state index contributed by atoms with van der Waals surface area (Å²) in [6.07, 6.45) is 1.60. The van der Waals surface area contributed by atoms with Crippen molar-refractivity contribution >= 4 is 17.6 Å². The molecule has 0 unspecified atom stereocenters. The maximum atomic E-state index is 12.6. The van der Waals surface area contributed by atoms with Crippen LogP contribution in [0.15, 0.2) is 42.6 Å². The average Bonchev–Trinajstić information content (AvgIpc) is 2.45. The first kappa shape index (κ1) is 14.7. The number of carbonyl (C=O) groups is 2. The van der Waals surface area contributed by atoms with Gasteiger partial charge in [0.1, 0.15) is 6.54 Å². The van der Waals surface area contributed by atoms with Gasteiger partial charge in [-0.15, -0.1) is 0 Å². The Morgan fingerprint density at radius 2 is 1.81 bits per heavy atom. The molecule has 0 aliphatic rings. The van der Waals surface area contributed by atoms with Gasteiger partial charge in [-0.05, 0) is 38.1 Å². The number of aryl methyl sites for hydroxylation is 2. The van der Waals surface area contributed by atoms with Crippen molar-refractivity contribution in [3.8, 4) is 0 Å². The molecule has 0 saturated heterocycles. The largest absolute Gasteiger partial charge is 0.480 e. The first-order valence-corrected chi connectivity index (χ1v) is 6.51. The van der Waals surface area contributed by atoms with Gasteiger partial charge in [0.15, 0.2) is 0 Å². The molecule has 0 bridgehead atoms. The lowest BCUT2D eigenvalue weighted by Gasteiger charge is -2.21. The van der Waals surface area contributed by atoms with Crippen LogP contribution in [0.3, 0.4) is 0 Å². The van der Waals surface area contributed by atoms with Crippen LogP contribution < -0.4 is 4.90 Å². The van der Waals surface area contributed by atoms with Crippen LogP contribution in [0.25, 0.3) is 0 Å². The van der Waals surface area contributed by atoms with Gasteiger partial charge in [0.05, 0.1) is 5.56 Å². The molecule has 1 aromatic carbocycles. The Morgan fingerprint density at radius 1 is 1.14 bits per heavy atom. The third kappa shape index (κ3) is 3.45. The number of carboxylic acids is 1. The molecule has 0 spiro atoms. The first-order chi connectivity index (χ1) is 9.99. The predicted octanol–water partition coefficient (Wildman–Crippen LogP) is 2.43. The van der Waals surface area contributed by atoms with Crippen LogP contribution in [0.4, 0.5) is 5.69 Å². The Hall–Kier alpha value is -2.69. The van der Waals surface area contributed by atoms with Crippen LogP contribution in [0.1, 0.15) is 21.6 Å². The molecule has 2 rings (SSSR count). The summed E-state index contributed by atoms with van der Waals surface area (Å²) < 4.78 is 0. The molecular formula is C16H16N2O3. The second-order valence-corrected chi connectivity index (χ2v) is 4.76. The van der Waals surface area contributed by atoms with Gasteiger partial charge >= 0.3 is 5.97 Å². The molecule has 1 N–H and O–H groups in total. The lowest BCUT2D eigenvalue weighted by molar-refractivity contribution is -0.135. The Labute approximate surface area is 122 Å². The van der Waals surface area contributed by atoms with Crippen molar-refractivity contribution in [3.05, 3.63) is 59.4 Å². The first-order valence-electron chi connectivity index (χ1n) is 6.51. The van der Waals surface area contributed by atoms with Gasteiger partial charge in [-0.25, -0.2) is 0 Å². The molecule has 21 heavy (non-hydrogen) atoms. The monoisotopic (exact) mass is 284 g/mol. The second kappa shape index (κ2) is 6.17. The van der Waals surface area contributed by atoms with E-state index in [2.05, 4.69) is 4.98 Å². The molecule has 0 aliphatic heterocycles. The Kier molecular flexibility index (Phi) is 4.33. The number of aliphatic carboxylic acids is 1. The van der Waals surface area contributed by atoms with E-state index >= 15 is 0 Å². The zero-order valence-corrected chi connectivity index (χ0v) is 11.9. The highest BCUT2D eigenvalue weighted by Crippen LogP contribution is 2.19. The number of benzene rings is 1. The number of hydrogen-bond donors (Lipinski definition) is 1. The molecule has 1 amide bonds. The highest BCUT2D eigenvalue weighted by atomic mass is 16.4. The van der Waals surface area contributed by atoms with Crippen LogP contribution in [0.2, 0.25) is 0 Å². The van der Waals surface area contributed by atoms with Gasteiger partial charge in [0.25, 0.3) is 5.91 Å². The SMILES string of the molecule is Cc1ccc(N(CC(=O)O)C(=O)c2cccnc2C)cc1. The smallest absolute Gasteiger partial charge is 0.323 e. The average molecular weight is 284 g/mol. The fourth-order valence-corrected chi connectivity index (χ4v) is 2.00.